The largest absolute Gasteiger partial charge is 0.496 e. The van der Waals surface area contributed by atoms with E-state index in [4.69, 9.17) is 14.2 Å². The van der Waals surface area contributed by atoms with Gasteiger partial charge in [0.2, 0.25) is 5.78 Å². The van der Waals surface area contributed by atoms with Gasteiger partial charge in [0, 0.05) is 10.6 Å². The van der Waals surface area contributed by atoms with Gasteiger partial charge in [0.1, 0.15) is 11.3 Å². The molecular formula is C20H23NO6S. The Balaban J connectivity index is 2.13. The molecule has 0 radical (unpaired) electrons. The van der Waals surface area contributed by atoms with Crippen molar-refractivity contribution in [1.82, 2.24) is 4.98 Å². The predicted octanol–water partition coefficient (Wildman–Crippen LogP) is 3.58. The third-order valence-electron chi connectivity index (χ3n) is 4.16. The number of thioether (sulfide) groups is 1. The van der Waals surface area contributed by atoms with Crippen molar-refractivity contribution in [2.24, 2.45) is 0 Å². The number of ether oxygens (including phenoxy) is 3. The maximum atomic E-state index is 12.5. The van der Waals surface area contributed by atoms with Gasteiger partial charge in [-0.25, -0.2) is 9.59 Å². The summed E-state index contributed by atoms with van der Waals surface area (Å²) in [7, 11) is 1.46. The zero-order valence-corrected chi connectivity index (χ0v) is 17.3. The van der Waals surface area contributed by atoms with Gasteiger partial charge in [-0.15, -0.1) is 11.8 Å². The van der Waals surface area contributed by atoms with Crippen LogP contribution in [0.2, 0.25) is 0 Å². The second-order valence-corrected chi connectivity index (χ2v) is 6.79. The number of nitrogens with one attached hydrogen (secondary N) is 1. The number of benzene rings is 1. The summed E-state index contributed by atoms with van der Waals surface area (Å²) in [6, 6.07) is 5.10. The fourth-order valence-corrected chi connectivity index (χ4v) is 3.22. The number of aryl methyl sites for hydroxylation is 1. The molecule has 2 rings (SSSR count). The number of Topliss-reactive ketones (excluding diaryl/α,β-unsaturated/α-hetero) is 1. The molecule has 0 amide bonds. The van der Waals surface area contributed by atoms with Crippen LogP contribution < -0.4 is 4.74 Å². The Bertz CT molecular complexity index is 902. The summed E-state index contributed by atoms with van der Waals surface area (Å²) in [5.41, 5.74) is 1.78. The van der Waals surface area contributed by atoms with Gasteiger partial charge in [-0.3, -0.25) is 4.79 Å². The molecular weight excluding hydrogens is 382 g/mol. The van der Waals surface area contributed by atoms with Gasteiger partial charge in [0.05, 0.1) is 25.0 Å². The lowest BCUT2D eigenvalue weighted by atomic mass is 10.1. The summed E-state index contributed by atoms with van der Waals surface area (Å²) in [5, 5.41) is 0. The predicted molar refractivity (Wildman–Crippen MR) is 106 cm³/mol. The van der Waals surface area contributed by atoms with Crippen molar-refractivity contribution in [3.63, 3.8) is 0 Å². The third-order valence-corrected chi connectivity index (χ3v) is 4.88. The van der Waals surface area contributed by atoms with Crippen LogP contribution in [0.4, 0.5) is 0 Å². The first-order chi connectivity index (χ1) is 13.3. The zero-order valence-electron chi connectivity index (χ0n) is 16.5. The lowest BCUT2D eigenvalue weighted by Gasteiger charge is -2.09. The highest BCUT2D eigenvalue weighted by molar-refractivity contribution is 7.98. The Morgan fingerprint density at radius 3 is 2.43 bits per heavy atom. The fourth-order valence-electron chi connectivity index (χ4n) is 2.79. The van der Waals surface area contributed by atoms with Gasteiger partial charge in [0.25, 0.3) is 0 Å². The van der Waals surface area contributed by atoms with Crippen LogP contribution in [0.3, 0.4) is 0 Å². The molecule has 0 spiro atoms. The van der Waals surface area contributed by atoms with Crippen LogP contribution in [-0.4, -0.2) is 49.3 Å². The topological polar surface area (TPSA) is 94.7 Å². The molecule has 0 fully saturated rings. The van der Waals surface area contributed by atoms with E-state index < -0.39 is 24.3 Å². The lowest BCUT2D eigenvalue weighted by Crippen LogP contribution is -2.16. The second kappa shape index (κ2) is 9.45. The normalized spacial score (nSPS) is 10.5. The number of hydrogen-bond donors (Lipinski definition) is 1. The van der Waals surface area contributed by atoms with Crippen LogP contribution >= 0.6 is 11.8 Å². The smallest absolute Gasteiger partial charge is 0.342 e. The highest BCUT2D eigenvalue weighted by atomic mass is 32.2. The van der Waals surface area contributed by atoms with Gasteiger partial charge >= 0.3 is 11.9 Å². The highest BCUT2D eigenvalue weighted by Crippen LogP contribution is 2.26. The van der Waals surface area contributed by atoms with E-state index in [0.29, 0.717) is 22.6 Å². The number of esters is 2. The summed E-state index contributed by atoms with van der Waals surface area (Å²) in [4.78, 5) is 40.7. The number of carbonyl (C=O) groups excluding carboxylic acids is 3. The molecule has 0 aliphatic carbocycles. The van der Waals surface area contributed by atoms with Gasteiger partial charge in [-0.1, -0.05) is 0 Å². The van der Waals surface area contributed by atoms with Crippen molar-refractivity contribution in [1.29, 1.82) is 0 Å². The van der Waals surface area contributed by atoms with Crippen LogP contribution in [0.25, 0.3) is 0 Å². The highest BCUT2D eigenvalue weighted by Gasteiger charge is 2.24. The minimum absolute atomic E-state index is 0.220. The van der Waals surface area contributed by atoms with Crippen molar-refractivity contribution in [3.8, 4) is 5.75 Å². The van der Waals surface area contributed by atoms with Gasteiger partial charge in [-0.2, -0.15) is 0 Å². The monoisotopic (exact) mass is 405 g/mol. The molecule has 1 aromatic carbocycles. The number of ketones is 1. The summed E-state index contributed by atoms with van der Waals surface area (Å²) in [6.07, 6.45) is 1.91. The first-order valence-electron chi connectivity index (χ1n) is 8.62. The Labute approximate surface area is 167 Å². The van der Waals surface area contributed by atoms with E-state index in [1.54, 1.807) is 39.0 Å². The Morgan fingerprint density at radius 1 is 1.11 bits per heavy atom. The number of aromatic amines is 1. The van der Waals surface area contributed by atoms with E-state index in [9.17, 15) is 14.4 Å². The van der Waals surface area contributed by atoms with E-state index in [1.807, 2.05) is 6.26 Å². The van der Waals surface area contributed by atoms with E-state index in [1.165, 1.54) is 18.9 Å². The maximum absolute atomic E-state index is 12.5. The van der Waals surface area contributed by atoms with Crippen molar-refractivity contribution >= 4 is 29.5 Å². The average Bonchev–Trinajstić information content (AvgIpc) is 2.99. The summed E-state index contributed by atoms with van der Waals surface area (Å²) >= 11 is 1.52. The van der Waals surface area contributed by atoms with E-state index >= 15 is 0 Å². The minimum Gasteiger partial charge on any atom is -0.496 e. The minimum atomic E-state index is -0.663. The molecule has 0 bridgehead atoms. The summed E-state index contributed by atoms with van der Waals surface area (Å²) in [5.74, 6) is -1.22. The number of aromatic nitrogens is 1. The molecule has 0 aliphatic heterocycles. The van der Waals surface area contributed by atoms with Crippen molar-refractivity contribution in [2.75, 3.05) is 26.6 Å². The molecule has 0 saturated heterocycles. The standard InChI is InChI=1S/C20H23NO6S/c1-6-26-20(24)17-11(2)18(21-12(17)3)15(22)10-27-19(23)14-8-7-13(28-5)9-16(14)25-4/h7-9,21H,6,10H2,1-5H3. The van der Waals surface area contributed by atoms with E-state index in [0.717, 1.165) is 4.90 Å². The van der Waals surface area contributed by atoms with Crippen LogP contribution in [0.1, 0.15) is 49.4 Å². The molecule has 0 unspecified atom stereocenters. The molecule has 1 N–H and O–H groups in total. The van der Waals surface area contributed by atoms with Crippen LogP contribution in [0.15, 0.2) is 23.1 Å². The Kier molecular flexibility index (Phi) is 7.28. The Hall–Kier alpha value is -2.74. The summed E-state index contributed by atoms with van der Waals surface area (Å²) in [6.45, 7) is 4.81. The number of methoxy groups -OCH3 is 1. The molecule has 150 valence electrons. The van der Waals surface area contributed by atoms with Crippen LogP contribution in [0, 0.1) is 13.8 Å². The van der Waals surface area contributed by atoms with Gasteiger partial charge in [0.15, 0.2) is 6.61 Å². The zero-order chi connectivity index (χ0) is 20.8. The maximum Gasteiger partial charge on any atom is 0.342 e. The van der Waals surface area contributed by atoms with E-state index in [2.05, 4.69) is 4.98 Å². The first kappa shape index (κ1) is 21.6. The molecule has 2 aromatic rings. The number of rotatable bonds is 8. The summed E-state index contributed by atoms with van der Waals surface area (Å²) < 4.78 is 15.4. The van der Waals surface area contributed by atoms with Crippen molar-refractivity contribution in [3.05, 3.63) is 46.3 Å². The number of H-pyrrole nitrogens is 1. The lowest BCUT2D eigenvalue weighted by molar-refractivity contribution is 0.0469. The molecule has 7 nitrogen and oxygen atoms in total. The molecule has 0 atom stereocenters. The van der Waals surface area contributed by atoms with Crippen molar-refractivity contribution < 1.29 is 28.6 Å². The molecule has 1 aromatic heterocycles. The van der Waals surface area contributed by atoms with Gasteiger partial charge < -0.3 is 19.2 Å². The molecule has 1 heterocycles. The second-order valence-electron chi connectivity index (χ2n) is 5.91. The first-order valence-corrected chi connectivity index (χ1v) is 9.85. The SMILES string of the molecule is CCOC(=O)c1c(C)[nH]c(C(=O)COC(=O)c2ccc(SC)cc2OC)c1C. The Morgan fingerprint density at radius 2 is 1.82 bits per heavy atom. The average molecular weight is 405 g/mol. The van der Waals surface area contributed by atoms with Gasteiger partial charge in [-0.05, 0) is 50.8 Å². The molecule has 0 saturated carbocycles. The quantitative estimate of drug-likeness (QED) is 0.407. The van der Waals surface area contributed by atoms with E-state index in [-0.39, 0.29) is 17.9 Å². The molecule has 28 heavy (non-hydrogen) atoms. The van der Waals surface area contributed by atoms with Crippen LogP contribution in [0.5, 0.6) is 5.75 Å². The molecule has 0 aliphatic rings. The van der Waals surface area contributed by atoms with Crippen LogP contribution in [-0.2, 0) is 9.47 Å². The fraction of sp³-hybridized carbons (Fsp3) is 0.350. The molecule has 8 heteroatoms. The third kappa shape index (κ3) is 4.56. The number of carbonyl (C=O) groups is 3. The van der Waals surface area contributed by atoms with Crippen molar-refractivity contribution in [2.45, 2.75) is 25.7 Å². The number of hydrogen-bond acceptors (Lipinski definition) is 7.